The highest BCUT2D eigenvalue weighted by molar-refractivity contribution is 7.92. The molecule has 3 aromatic carbocycles. The average Bonchev–Trinajstić information content (AvgIpc) is 2.94. The molecular weight excluding hydrogens is 546 g/mol. The number of benzene rings is 3. The number of halogens is 1. The first kappa shape index (κ1) is 31.2. The van der Waals surface area contributed by atoms with E-state index in [4.69, 9.17) is 11.6 Å². The van der Waals surface area contributed by atoms with Gasteiger partial charge in [-0.3, -0.25) is 13.9 Å². The van der Waals surface area contributed by atoms with Crippen LogP contribution < -0.4 is 9.62 Å². The molecule has 0 aromatic heterocycles. The molecule has 0 aliphatic carbocycles. The van der Waals surface area contributed by atoms with Crippen LogP contribution in [0.2, 0.25) is 5.02 Å². The summed E-state index contributed by atoms with van der Waals surface area (Å²) in [6.45, 7) is 8.99. The summed E-state index contributed by atoms with van der Waals surface area (Å²) in [6.07, 6.45) is 1.07. The number of hydrogen-bond donors (Lipinski definition) is 1. The van der Waals surface area contributed by atoms with Gasteiger partial charge < -0.3 is 10.2 Å². The van der Waals surface area contributed by atoms with Gasteiger partial charge in [0.2, 0.25) is 11.8 Å². The number of sulfonamides is 1. The zero-order chi connectivity index (χ0) is 29.4. The van der Waals surface area contributed by atoms with Gasteiger partial charge in [0.25, 0.3) is 10.0 Å². The molecular formula is C31H38ClN3O4S. The average molecular weight is 584 g/mol. The lowest BCUT2D eigenvalue weighted by atomic mass is 10.1. The van der Waals surface area contributed by atoms with Crippen LogP contribution >= 0.6 is 11.6 Å². The Morgan fingerprint density at radius 2 is 1.55 bits per heavy atom. The molecule has 0 saturated carbocycles. The Morgan fingerprint density at radius 3 is 2.17 bits per heavy atom. The Hall–Kier alpha value is -3.36. The number of carbonyl (C=O) groups is 2. The van der Waals surface area contributed by atoms with Gasteiger partial charge in [-0.1, -0.05) is 74.0 Å². The van der Waals surface area contributed by atoms with E-state index >= 15 is 0 Å². The van der Waals surface area contributed by atoms with Gasteiger partial charge in [-0.2, -0.15) is 0 Å². The minimum atomic E-state index is -4.12. The van der Waals surface area contributed by atoms with E-state index < -0.39 is 28.5 Å². The first-order valence-corrected chi connectivity index (χ1v) is 15.3. The third-order valence-corrected chi connectivity index (χ3v) is 9.28. The number of nitrogens with zero attached hydrogens (tertiary/aromatic N) is 2. The Balaban J connectivity index is 2.10. The predicted octanol–water partition coefficient (Wildman–Crippen LogP) is 5.87. The van der Waals surface area contributed by atoms with E-state index in [0.29, 0.717) is 22.7 Å². The summed E-state index contributed by atoms with van der Waals surface area (Å²) in [7, 11) is -4.12. The summed E-state index contributed by atoms with van der Waals surface area (Å²) >= 11 is 6.45. The van der Waals surface area contributed by atoms with Crippen LogP contribution in [0.3, 0.4) is 0 Å². The van der Waals surface area contributed by atoms with Gasteiger partial charge in [0.05, 0.1) is 10.6 Å². The van der Waals surface area contributed by atoms with Crippen LogP contribution in [0, 0.1) is 13.8 Å². The summed E-state index contributed by atoms with van der Waals surface area (Å²) in [5, 5.41) is 3.44. The molecule has 0 aliphatic heterocycles. The number of rotatable bonds is 12. The Morgan fingerprint density at radius 1 is 0.900 bits per heavy atom. The SMILES string of the molecule is CC[C@H](C(=O)N[C@@H](C)CC)N(Cc1ccccc1Cl)C(=O)CN(c1cccc(C)c1C)S(=O)(=O)c1ccccc1. The van der Waals surface area contributed by atoms with E-state index in [0.717, 1.165) is 21.9 Å². The Bertz CT molecular complexity index is 1430. The first-order chi connectivity index (χ1) is 19.0. The van der Waals surface area contributed by atoms with Crippen LogP contribution in [0.5, 0.6) is 0 Å². The van der Waals surface area contributed by atoms with E-state index in [1.54, 1.807) is 48.5 Å². The fourth-order valence-corrected chi connectivity index (χ4v) is 6.10. The smallest absolute Gasteiger partial charge is 0.264 e. The molecule has 0 radical (unpaired) electrons. The molecule has 214 valence electrons. The van der Waals surface area contributed by atoms with Gasteiger partial charge in [0.15, 0.2) is 0 Å². The van der Waals surface area contributed by atoms with E-state index in [-0.39, 0.29) is 23.4 Å². The molecule has 0 saturated heterocycles. The summed E-state index contributed by atoms with van der Waals surface area (Å²) in [4.78, 5) is 29.1. The van der Waals surface area contributed by atoms with Crippen LogP contribution in [0.15, 0.2) is 77.7 Å². The zero-order valence-corrected chi connectivity index (χ0v) is 25.3. The minimum absolute atomic E-state index is 0.0525. The Kier molecular flexibility index (Phi) is 10.8. The first-order valence-electron chi connectivity index (χ1n) is 13.5. The minimum Gasteiger partial charge on any atom is -0.352 e. The lowest BCUT2D eigenvalue weighted by molar-refractivity contribution is -0.140. The van der Waals surface area contributed by atoms with Crippen molar-refractivity contribution in [1.29, 1.82) is 0 Å². The van der Waals surface area contributed by atoms with Crippen molar-refractivity contribution < 1.29 is 18.0 Å². The van der Waals surface area contributed by atoms with Crippen molar-refractivity contribution in [3.63, 3.8) is 0 Å². The van der Waals surface area contributed by atoms with Gasteiger partial charge in [-0.25, -0.2) is 8.42 Å². The molecule has 1 N–H and O–H groups in total. The summed E-state index contributed by atoms with van der Waals surface area (Å²) in [5.74, 6) is -0.798. The molecule has 0 fully saturated rings. The normalized spacial score (nSPS) is 12.8. The van der Waals surface area contributed by atoms with Crippen LogP contribution in [0.1, 0.15) is 50.3 Å². The lowest BCUT2D eigenvalue weighted by Crippen LogP contribution is -2.53. The largest absolute Gasteiger partial charge is 0.352 e. The van der Waals surface area contributed by atoms with E-state index in [1.807, 2.05) is 46.8 Å². The van der Waals surface area contributed by atoms with Crippen molar-refractivity contribution in [2.24, 2.45) is 0 Å². The molecule has 0 unspecified atom stereocenters. The maximum Gasteiger partial charge on any atom is 0.264 e. The van der Waals surface area contributed by atoms with Crippen molar-refractivity contribution >= 4 is 39.1 Å². The number of anilines is 1. The molecule has 0 heterocycles. The summed E-state index contributed by atoms with van der Waals surface area (Å²) < 4.78 is 29.1. The van der Waals surface area contributed by atoms with Crippen LogP contribution in [0.4, 0.5) is 5.69 Å². The van der Waals surface area contributed by atoms with Gasteiger partial charge >= 0.3 is 0 Å². The predicted molar refractivity (Wildman–Crippen MR) is 161 cm³/mol. The fraction of sp³-hybridized carbons (Fsp3) is 0.355. The summed E-state index contributed by atoms with van der Waals surface area (Å²) in [6, 6.07) is 19.6. The van der Waals surface area contributed by atoms with E-state index in [2.05, 4.69) is 5.32 Å². The quantitative estimate of drug-likeness (QED) is 0.289. The van der Waals surface area contributed by atoms with Gasteiger partial charge in [0, 0.05) is 17.6 Å². The number of hydrogen-bond acceptors (Lipinski definition) is 4. The molecule has 7 nitrogen and oxygen atoms in total. The fourth-order valence-electron chi connectivity index (χ4n) is 4.41. The van der Waals surface area contributed by atoms with Crippen molar-refractivity contribution in [2.45, 2.75) is 71.0 Å². The second kappa shape index (κ2) is 13.8. The molecule has 0 spiro atoms. The molecule has 2 amide bonds. The van der Waals surface area contributed by atoms with Crippen LogP contribution in [-0.4, -0.2) is 43.8 Å². The third-order valence-electron chi connectivity index (χ3n) is 7.14. The van der Waals surface area contributed by atoms with Crippen molar-refractivity contribution in [2.75, 3.05) is 10.8 Å². The Labute approximate surface area is 243 Å². The molecule has 2 atom stereocenters. The molecule has 3 aromatic rings. The number of aryl methyl sites for hydroxylation is 1. The van der Waals surface area contributed by atoms with Crippen LogP contribution in [-0.2, 0) is 26.2 Å². The number of nitrogens with one attached hydrogen (secondary N) is 1. The molecule has 0 aliphatic rings. The number of amides is 2. The van der Waals surface area contributed by atoms with Crippen LogP contribution in [0.25, 0.3) is 0 Å². The monoisotopic (exact) mass is 583 g/mol. The highest BCUT2D eigenvalue weighted by Crippen LogP contribution is 2.29. The topological polar surface area (TPSA) is 86.8 Å². The molecule has 3 rings (SSSR count). The molecule has 40 heavy (non-hydrogen) atoms. The van der Waals surface area contributed by atoms with Gasteiger partial charge in [-0.05, 0) is 74.6 Å². The standard InChI is InChI=1S/C31H38ClN3O4S/c1-6-23(4)33-31(37)28(7-2)34(20-25-15-11-12-18-27(25)32)30(36)21-35(29-19-13-14-22(3)24(29)5)40(38,39)26-16-9-8-10-17-26/h8-19,23,28H,6-7,20-21H2,1-5H3,(H,33,37)/t23-,28+/m0/s1. The highest BCUT2D eigenvalue weighted by atomic mass is 35.5. The second-order valence-corrected chi connectivity index (χ2v) is 12.2. The lowest BCUT2D eigenvalue weighted by Gasteiger charge is -2.34. The summed E-state index contributed by atoms with van der Waals surface area (Å²) in [5.41, 5.74) is 2.71. The van der Waals surface area contributed by atoms with E-state index in [9.17, 15) is 18.0 Å². The second-order valence-electron chi connectivity index (χ2n) is 9.90. The number of carbonyl (C=O) groups excluding carboxylic acids is 2. The van der Waals surface area contributed by atoms with Gasteiger partial charge in [0.1, 0.15) is 12.6 Å². The maximum absolute atomic E-state index is 14.2. The molecule has 9 heteroatoms. The molecule has 0 bridgehead atoms. The zero-order valence-electron chi connectivity index (χ0n) is 23.7. The van der Waals surface area contributed by atoms with E-state index in [1.165, 1.54) is 17.0 Å². The van der Waals surface area contributed by atoms with Gasteiger partial charge in [-0.15, -0.1) is 0 Å². The van der Waals surface area contributed by atoms with Crippen molar-refractivity contribution in [3.05, 3.63) is 94.5 Å². The van der Waals surface area contributed by atoms with Crippen molar-refractivity contribution in [3.8, 4) is 0 Å². The highest BCUT2D eigenvalue weighted by Gasteiger charge is 2.34. The third kappa shape index (κ3) is 7.23. The maximum atomic E-state index is 14.2. The van der Waals surface area contributed by atoms with Crippen molar-refractivity contribution in [1.82, 2.24) is 10.2 Å².